The van der Waals surface area contributed by atoms with E-state index < -0.39 is 0 Å². The van der Waals surface area contributed by atoms with Crippen LogP contribution in [0.25, 0.3) is 17.1 Å². The van der Waals surface area contributed by atoms with E-state index in [1.54, 1.807) is 28.9 Å². The van der Waals surface area contributed by atoms with Gasteiger partial charge < -0.3 is 10.2 Å². The molecule has 3 rings (SSSR count). The summed E-state index contributed by atoms with van der Waals surface area (Å²) in [5.41, 5.74) is 8.09. The normalized spacial score (nSPS) is 10.9. The minimum atomic E-state index is -0.285. The zero-order valence-corrected chi connectivity index (χ0v) is 12.2. The van der Waals surface area contributed by atoms with Crippen LogP contribution in [0.5, 0.6) is 0 Å². The Bertz CT molecular complexity index is 779. The topological polar surface area (TPSA) is 57.0 Å². The maximum absolute atomic E-state index is 13.2. The quantitative estimate of drug-likeness (QED) is 0.772. The Hall–Kier alpha value is -2.08. The van der Waals surface area contributed by atoms with Gasteiger partial charge in [0.05, 0.1) is 5.69 Å². The lowest BCUT2D eigenvalue weighted by molar-refractivity contribution is 0.553. The van der Waals surface area contributed by atoms with Crippen LogP contribution < -0.4 is 5.73 Å². The van der Waals surface area contributed by atoms with Crippen LogP contribution in [0, 0.1) is 12.7 Å². The van der Waals surface area contributed by atoms with Crippen molar-refractivity contribution in [3.8, 4) is 17.1 Å². The van der Waals surface area contributed by atoms with Gasteiger partial charge in [0.15, 0.2) is 10.4 Å². The van der Waals surface area contributed by atoms with E-state index >= 15 is 0 Å². The molecule has 0 spiro atoms. The number of benzene rings is 1. The second-order valence-electron chi connectivity index (χ2n) is 4.40. The second-order valence-corrected chi connectivity index (χ2v) is 5.18. The van der Waals surface area contributed by atoms with E-state index in [0.717, 1.165) is 11.3 Å². The fraction of sp³-hybridized carbons (Fsp3) is 0.0714. The molecule has 0 amide bonds. The summed E-state index contributed by atoms with van der Waals surface area (Å²) in [7, 11) is 0. The predicted octanol–water partition coefficient (Wildman–Crippen LogP) is 3.92. The number of halogens is 2. The van der Waals surface area contributed by atoms with Crippen molar-refractivity contribution in [3.05, 3.63) is 52.4 Å². The number of aromatic nitrogens is 2. The molecule has 0 saturated carbocycles. The van der Waals surface area contributed by atoms with Crippen LogP contribution in [0.15, 0.2) is 45.5 Å². The Labute approximate surface area is 123 Å². The lowest BCUT2D eigenvalue weighted by Crippen LogP contribution is -2.03. The maximum atomic E-state index is 13.2. The van der Waals surface area contributed by atoms with Gasteiger partial charge in [-0.1, -0.05) is 0 Å². The zero-order chi connectivity index (χ0) is 14.3. The highest BCUT2D eigenvalue weighted by Crippen LogP contribution is 2.27. The maximum Gasteiger partial charge on any atom is 0.169 e. The fourth-order valence-electron chi connectivity index (χ4n) is 2.02. The third kappa shape index (κ3) is 2.22. The van der Waals surface area contributed by atoms with Crippen molar-refractivity contribution in [2.45, 2.75) is 6.92 Å². The van der Waals surface area contributed by atoms with Crippen LogP contribution >= 0.6 is 15.9 Å². The number of rotatable bonds is 2. The average molecular weight is 336 g/mol. The molecule has 2 N–H and O–H groups in total. The highest BCUT2D eigenvalue weighted by Gasteiger charge is 2.13. The van der Waals surface area contributed by atoms with Gasteiger partial charge >= 0.3 is 0 Å². The summed E-state index contributed by atoms with van der Waals surface area (Å²) in [4.78, 5) is 0. The molecule has 0 unspecified atom stereocenters. The molecular formula is C14H11BrFN3O. The number of furan rings is 1. The first-order valence-corrected chi connectivity index (χ1v) is 6.71. The first kappa shape index (κ1) is 12.9. The van der Waals surface area contributed by atoms with Gasteiger partial charge in [0.1, 0.15) is 17.3 Å². The van der Waals surface area contributed by atoms with Gasteiger partial charge in [0, 0.05) is 6.07 Å². The molecule has 0 saturated heterocycles. The molecule has 2 heterocycles. The van der Waals surface area contributed by atoms with Crippen molar-refractivity contribution in [3.63, 3.8) is 0 Å². The largest absolute Gasteiger partial charge is 0.448 e. The minimum absolute atomic E-state index is 0.285. The van der Waals surface area contributed by atoms with E-state index in [9.17, 15) is 4.39 Å². The van der Waals surface area contributed by atoms with E-state index in [1.807, 2.05) is 6.92 Å². The Balaban J connectivity index is 2.09. The standard InChI is InChI=1S/C14H11BrFN3O/c1-8-6-9(16)2-3-11(8)19-14(17)7-10(18-19)12-4-5-13(15)20-12/h2-7H,17H2,1H3. The van der Waals surface area contributed by atoms with Crippen LogP contribution in [-0.4, -0.2) is 9.78 Å². The van der Waals surface area contributed by atoms with Gasteiger partial charge in [0.25, 0.3) is 0 Å². The smallest absolute Gasteiger partial charge is 0.169 e. The highest BCUT2D eigenvalue weighted by atomic mass is 79.9. The Morgan fingerprint density at radius 3 is 2.70 bits per heavy atom. The number of hydrogen-bond donors (Lipinski definition) is 1. The van der Waals surface area contributed by atoms with Gasteiger partial charge in [-0.05, 0) is 58.7 Å². The van der Waals surface area contributed by atoms with E-state index in [1.165, 1.54) is 12.1 Å². The molecule has 0 radical (unpaired) electrons. The van der Waals surface area contributed by atoms with Crippen LogP contribution in [0.3, 0.4) is 0 Å². The second kappa shape index (κ2) is 4.79. The van der Waals surface area contributed by atoms with Crippen molar-refractivity contribution in [1.82, 2.24) is 9.78 Å². The summed E-state index contributed by atoms with van der Waals surface area (Å²) in [6.07, 6.45) is 0. The third-order valence-electron chi connectivity index (χ3n) is 2.95. The van der Waals surface area contributed by atoms with Crippen LogP contribution in [-0.2, 0) is 0 Å². The summed E-state index contributed by atoms with van der Waals surface area (Å²) in [6, 6.07) is 9.78. The average Bonchev–Trinajstić information content (AvgIpc) is 2.96. The van der Waals surface area contributed by atoms with Gasteiger partial charge in [-0.2, -0.15) is 5.10 Å². The molecule has 102 valence electrons. The van der Waals surface area contributed by atoms with Crippen molar-refractivity contribution < 1.29 is 8.81 Å². The molecule has 2 aromatic heterocycles. The molecule has 0 bridgehead atoms. The Morgan fingerprint density at radius 2 is 2.05 bits per heavy atom. The molecule has 0 aliphatic rings. The Kier molecular flexibility index (Phi) is 3.10. The number of nitrogen functional groups attached to an aromatic ring is 1. The van der Waals surface area contributed by atoms with Crippen LogP contribution in [0.1, 0.15) is 5.56 Å². The summed E-state index contributed by atoms with van der Waals surface area (Å²) < 4.78 is 20.8. The fourth-order valence-corrected chi connectivity index (χ4v) is 2.32. The molecule has 6 heteroatoms. The van der Waals surface area contributed by atoms with Gasteiger partial charge in [-0.25, -0.2) is 9.07 Å². The molecule has 4 nitrogen and oxygen atoms in total. The van der Waals surface area contributed by atoms with Crippen molar-refractivity contribution in [1.29, 1.82) is 0 Å². The molecule has 0 atom stereocenters. The van der Waals surface area contributed by atoms with Crippen molar-refractivity contribution in [2.24, 2.45) is 0 Å². The number of aryl methyl sites for hydroxylation is 1. The first-order valence-electron chi connectivity index (χ1n) is 5.92. The number of anilines is 1. The first-order chi connectivity index (χ1) is 9.54. The third-order valence-corrected chi connectivity index (χ3v) is 3.38. The minimum Gasteiger partial charge on any atom is -0.448 e. The van der Waals surface area contributed by atoms with E-state index in [4.69, 9.17) is 10.2 Å². The lowest BCUT2D eigenvalue weighted by atomic mass is 10.2. The molecule has 0 fully saturated rings. The van der Waals surface area contributed by atoms with Crippen LogP contribution in [0.4, 0.5) is 10.2 Å². The number of nitrogens with zero attached hydrogens (tertiary/aromatic N) is 2. The monoisotopic (exact) mass is 335 g/mol. The summed E-state index contributed by atoms with van der Waals surface area (Å²) in [5.74, 6) is 0.788. The predicted molar refractivity (Wildman–Crippen MR) is 78.1 cm³/mol. The SMILES string of the molecule is Cc1cc(F)ccc1-n1nc(-c2ccc(Br)o2)cc1N. The van der Waals surface area contributed by atoms with Gasteiger partial charge in [-0.15, -0.1) is 0 Å². The molecule has 0 aliphatic carbocycles. The van der Waals surface area contributed by atoms with Gasteiger partial charge in [-0.3, -0.25) is 0 Å². The summed E-state index contributed by atoms with van der Waals surface area (Å²) in [6.45, 7) is 1.81. The van der Waals surface area contributed by atoms with Crippen molar-refractivity contribution >= 4 is 21.7 Å². The van der Waals surface area contributed by atoms with Crippen molar-refractivity contribution in [2.75, 3.05) is 5.73 Å². The Morgan fingerprint density at radius 1 is 1.25 bits per heavy atom. The van der Waals surface area contributed by atoms with E-state index in [0.29, 0.717) is 21.9 Å². The highest BCUT2D eigenvalue weighted by molar-refractivity contribution is 9.10. The van der Waals surface area contributed by atoms with Gasteiger partial charge in [0.2, 0.25) is 0 Å². The molecule has 1 aromatic carbocycles. The molecule has 0 aliphatic heterocycles. The molecule has 3 aromatic rings. The number of nitrogens with two attached hydrogens (primary N) is 1. The molecule has 20 heavy (non-hydrogen) atoms. The van der Waals surface area contributed by atoms with E-state index in [2.05, 4.69) is 21.0 Å². The van der Waals surface area contributed by atoms with Crippen LogP contribution in [0.2, 0.25) is 0 Å². The zero-order valence-electron chi connectivity index (χ0n) is 10.6. The van der Waals surface area contributed by atoms with E-state index in [-0.39, 0.29) is 5.82 Å². The summed E-state index contributed by atoms with van der Waals surface area (Å²) in [5, 5.41) is 4.41. The number of hydrogen-bond acceptors (Lipinski definition) is 3. The molecular weight excluding hydrogens is 325 g/mol. The lowest BCUT2D eigenvalue weighted by Gasteiger charge is -2.07. The summed E-state index contributed by atoms with van der Waals surface area (Å²) >= 11 is 3.25.